The van der Waals surface area contributed by atoms with Crippen LogP contribution in [0.25, 0.3) is 32.9 Å². The molecule has 2 heteroatoms. The number of aromatic nitrogens is 2. The molecular weight excluding hydrogens is 304 g/mol. The van der Waals surface area contributed by atoms with Gasteiger partial charge in [0.2, 0.25) is 5.69 Å². The van der Waals surface area contributed by atoms with E-state index in [0.29, 0.717) is 0 Å². The summed E-state index contributed by atoms with van der Waals surface area (Å²) in [5.41, 5.74) is 8.67. The van der Waals surface area contributed by atoms with Crippen molar-refractivity contribution in [2.24, 2.45) is 7.05 Å². The second-order valence-electron chi connectivity index (χ2n) is 7.08. The van der Waals surface area contributed by atoms with Gasteiger partial charge in [-0.15, -0.1) is 0 Å². The van der Waals surface area contributed by atoms with Gasteiger partial charge in [-0.25, -0.2) is 4.57 Å². The van der Waals surface area contributed by atoms with Crippen molar-refractivity contribution in [1.29, 1.82) is 0 Å². The van der Waals surface area contributed by atoms with Crippen molar-refractivity contribution in [2.75, 3.05) is 0 Å². The first-order chi connectivity index (χ1) is 12.0. The molecular formula is C23H23N2+. The van der Waals surface area contributed by atoms with E-state index >= 15 is 0 Å². The van der Waals surface area contributed by atoms with Crippen LogP contribution in [0.2, 0.25) is 0 Å². The van der Waals surface area contributed by atoms with Gasteiger partial charge in [0.25, 0.3) is 0 Å². The second-order valence-corrected chi connectivity index (χ2v) is 7.08. The van der Waals surface area contributed by atoms with Crippen molar-refractivity contribution in [1.82, 2.24) is 4.98 Å². The van der Waals surface area contributed by atoms with Gasteiger partial charge in [0, 0.05) is 22.5 Å². The Morgan fingerprint density at radius 2 is 1.56 bits per heavy atom. The van der Waals surface area contributed by atoms with Gasteiger partial charge in [0.05, 0.1) is 16.5 Å². The summed E-state index contributed by atoms with van der Waals surface area (Å²) >= 11 is 0. The van der Waals surface area contributed by atoms with Crippen molar-refractivity contribution in [3.05, 3.63) is 71.0 Å². The lowest BCUT2D eigenvalue weighted by Crippen LogP contribution is -2.30. The van der Waals surface area contributed by atoms with E-state index in [4.69, 9.17) is 0 Å². The number of pyridine rings is 2. The summed E-state index contributed by atoms with van der Waals surface area (Å²) in [4.78, 5) is 4.69. The number of hydrogen-bond donors (Lipinski definition) is 0. The van der Waals surface area contributed by atoms with Crippen molar-refractivity contribution in [3.8, 4) is 11.3 Å². The quantitative estimate of drug-likeness (QED) is 0.350. The largest absolute Gasteiger partial charge is 0.253 e. The first-order valence-electron chi connectivity index (χ1n) is 8.72. The van der Waals surface area contributed by atoms with Crippen LogP contribution in [0.3, 0.4) is 0 Å². The third kappa shape index (κ3) is 2.49. The molecule has 0 atom stereocenters. The van der Waals surface area contributed by atoms with Crippen LogP contribution in [-0.4, -0.2) is 4.98 Å². The van der Waals surface area contributed by atoms with E-state index in [1.807, 2.05) is 6.92 Å². The molecule has 25 heavy (non-hydrogen) atoms. The Labute approximate surface area is 148 Å². The third-order valence-corrected chi connectivity index (χ3v) is 5.19. The first kappa shape index (κ1) is 15.8. The summed E-state index contributed by atoms with van der Waals surface area (Å²) in [5, 5.41) is 3.75. The van der Waals surface area contributed by atoms with Gasteiger partial charge >= 0.3 is 0 Å². The van der Waals surface area contributed by atoms with Crippen molar-refractivity contribution < 1.29 is 4.57 Å². The maximum atomic E-state index is 4.69. The molecule has 0 saturated heterocycles. The zero-order valence-corrected chi connectivity index (χ0v) is 15.5. The molecule has 0 fully saturated rings. The highest BCUT2D eigenvalue weighted by atomic mass is 14.9. The van der Waals surface area contributed by atoms with Crippen molar-refractivity contribution >= 4 is 21.7 Å². The molecule has 2 aromatic carbocycles. The Morgan fingerprint density at radius 1 is 0.800 bits per heavy atom. The maximum Gasteiger partial charge on any atom is 0.220 e. The predicted octanol–water partition coefficient (Wildman–Crippen LogP) is 5.11. The Kier molecular flexibility index (Phi) is 3.57. The standard InChI is InChI=1S/C23H23N2/c1-14-12-15(2)17(4)21(13-14)23-20-8-9-22-19(7-6-16(3)24-22)18(20)10-11-25(23)5/h6-13H,1-5H3/q+1. The van der Waals surface area contributed by atoms with Crippen LogP contribution in [0, 0.1) is 27.7 Å². The van der Waals surface area contributed by atoms with E-state index in [2.05, 4.69) is 86.0 Å². The zero-order chi connectivity index (χ0) is 17.7. The van der Waals surface area contributed by atoms with E-state index in [1.54, 1.807) is 0 Å². The fourth-order valence-electron chi connectivity index (χ4n) is 3.79. The van der Waals surface area contributed by atoms with Gasteiger partial charge in [-0.3, -0.25) is 4.98 Å². The number of hydrogen-bond acceptors (Lipinski definition) is 1. The van der Waals surface area contributed by atoms with Crippen LogP contribution in [-0.2, 0) is 7.05 Å². The fourth-order valence-corrected chi connectivity index (χ4v) is 3.79. The Balaban J connectivity index is 2.15. The van der Waals surface area contributed by atoms with Crippen molar-refractivity contribution in [2.45, 2.75) is 27.7 Å². The molecule has 124 valence electrons. The molecule has 0 N–H and O–H groups in total. The van der Waals surface area contributed by atoms with Crippen LogP contribution >= 0.6 is 0 Å². The molecule has 0 aliphatic rings. The number of rotatable bonds is 1. The molecule has 0 unspecified atom stereocenters. The molecule has 0 radical (unpaired) electrons. The summed E-state index contributed by atoms with van der Waals surface area (Å²) in [6, 6.07) is 15.4. The smallest absolute Gasteiger partial charge is 0.220 e. The Morgan fingerprint density at radius 3 is 2.36 bits per heavy atom. The van der Waals surface area contributed by atoms with Gasteiger partial charge in [0.1, 0.15) is 7.05 Å². The lowest BCUT2D eigenvalue weighted by atomic mass is 9.94. The third-order valence-electron chi connectivity index (χ3n) is 5.19. The van der Waals surface area contributed by atoms with E-state index in [-0.39, 0.29) is 0 Å². The minimum atomic E-state index is 1.05. The zero-order valence-electron chi connectivity index (χ0n) is 15.5. The summed E-state index contributed by atoms with van der Waals surface area (Å²) in [7, 11) is 2.13. The average molecular weight is 327 g/mol. The Bertz CT molecular complexity index is 1140. The molecule has 0 aliphatic carbocycles. The number of aryl methyl sites for hydroxylation is 4. The summed E-state index contributed by atoms with van der Waals surface area (Å²) in [6.07, 6.45) is 2.16. The molecule has 0 bridgehead atoms. The maximum absolute atomic E-state index is 4.69. The van der Waals surface area contributed by atoms with E-state index < -0.39 is 0 Å². The first-order valence-corrected chi connectivity index (χ1v) is 8.72. The predicted molar refractivity (Wildman–Crippen MR) is 105 cm³/mol. The molecule has 0 spiro atoms. The molecule has 2 nitrogen and oxygen atoms in total. The molecule has 0 aliphatic heterocycles. The molecule has 2 aromatic heterocycles. The normalized spacial score (nSPS) is 11.4. The number of nitrogens with zero attached hydrogens (tertiary/aromatic N) is 2. The van der Waals surface area contributed by atoms with Gasteiger partial charge in [-0.05, 0) is 63.1 Å². The van der Waals surface area contributed by atoms with Crippen LogP contribution in [0.1, 0.15) is 22.4 Å². The molecule has 4 rings (SSSR count). The summed E-state index contributed by atoms with van der Waals surface area (Å²) in [6.45, 7) is 8.62. The van der Waals surface area contributed by atoms with Crippen molar-refractivity contribution in [3.63, 3.8) is 0 Å². The average Bonchev–Trinajstić information content (AvgIpc) is 2.57. The number of fused-ring (bicyclic) bond motifs is 3. The molecule has 2 heterocycles. The van der Waals surface area contributed by atoms with Crippen LogP contribution in [0.4, 0.5) is 0 Å². The van der Waals surface area contributed by atoms with Gasteiger partial charge in [0.15, 0.2) is 6.20 Å². The van der Waals surface area contributed by atoms with E-state index in [0.717, 1.165) is 11.2 Å². The van der Waals surface area contributed by atoms with Gasteiger partial charge in [-0.2, -0.15) is 0 Å². The van der Waals surface area contributed by atoms with Crippen LogP contribution in [0.5, 0.6) is 0 Å². The highest BCUT2D eigenvalue weighted by Gasteiger charge is 2.19. The summed E-state index contributed by atoms with van der Waals surface area (Å²) in [5.74, 6) is 0. The fraction of sp³-hybridized carbons (Fsp3) is 0.217. The lowest BCUT2D eigenvalue weighted by molar-refractivity contribution is -0.659. The summed E-state index contributed by atoms with van der Waals surface area (Å²) < 4.78 is 2.23. The minimum absolute atomic E-state index is 1.05. The molecule has 4 aromatic rings. The Hall–Kier alpha value is -2.74. The number of benzene rings is 2. The second kappa shape index (κ2) is 5.66. The topological polar surface area (TPSA) is 16.8 Å². The van der Waals surface area contributed by atoms with E-state index in [1.165, 1.54) is 44.1 Å². The molecule has 0 amide bonds. The highest BCUT2D eigenvalue weighted by molar-refractivity contribution is 6.09. The lowest BCUT2D eigenvalue weighted by Gasteiger charge is -2.12. The van der Waals surface area contributed by atoms with Crippen LogP contribution < -0.4 is 4.57 Å². The van der Waals surface area contributed by atoms with Gasteiger partial charge < -0.3 is 0 Å². The van der Waals surface area contributed by atoms with Gasteiger partial charge in [-0.1, -0.05) is 17.7 Å². The minimum Gasteiger partial charge on any atom is -0.253 e. The van der Waals surface area contributed by atoms with E-state index in [9.17, 15) is 0 Å². The highest BCUT2D eigenvalue weighted by Crippen LogP contribution is 2.33. The van der Waals surface area contributed by atoms with Crippen LogP contribution in [0.15, 0.2) is 48.7 Å². The monoisotopic (exact) mass is 327 g/mol. The SMILES string of the molecule is Cc1cc(C)c(C)c(-c2c3ccc4nc(C)ccc4c3cc[n+]2C)c1. The molecule has 0 saturated carbocycles.